The maximum Gasteiger partial charge on any atom is 0.140 e. The van der Waals surface area contributed by atoms with Crippen molar-refractivity contribution in [2.24, 2.45) is 13.0 Å². The van der Waals surface area contributed by atoms with Gasteiger partial charge in [0.15, 0.2) is 0 Å². The number of imidazole rings is 1. The number of aromatic nitrogens is 2. The molecular weight excluding hydrogens is 164 g/mol. The van der Waals surface area contributed by atoms with E-state index in [4.69, 9.17) is 0 Å². The van der Waals surface area contributed by atoms with Crippen molar-refractivity contribution < 1.29 is 5.11 Å². The molecule has 13 heavy (non-hydrogen) atoms. The van der Waals surface area contributed by atoms with Crippen LogP contribution in [0, 0.1) is 5.92 Å². The summed E-state index contributed by atoms with van der Waals surface area (Å²) in [6, 6.07) is 0. The van der Waals surface area contributed by atoms with Gasteiger partial charge in [-0.15, -0.1) is 0 Å². The molecule has 1 aromatic rings. The molecule has 1 aliphatic rings. The molecule has 3 nitrogen and oxygen atoms in total. The third-order valence-electron chi connectivity index (χ3n) is 3.00. The highest BCUT2D eigenvalue weighted by Gasteiger charge is 2.46. The smallest absolute Gasteiger partial charge is 0.140 e. The molecule has 0 bridgehead atoms. The van der Waals surface area contributed by atoms with Crippen LogP contribution in [-0.2, 0) is 12.6 Å². The summed E-state index contributed by atoms with van der Waals surface area (Å²) in [5.74, 6) is 1.25. The van der Waals surface area contributed by atoms with Crippen LogP contribution in [0.3, 0.4) is 0 Å². The first kappa shape index (κ1) is 8.75. The van der Waals surface area contributed by atoms with Gasteiger partial charge < -0.3 is 9.67 Å². The number of aliphatic hydroxyl groups is 1. The van der Waals surface area contributed by atoms with Crippen LogP contribution in [0.15, 0.2) is 12.4 Å². The summed E-state index contributed by atoms with van der Waals surface area (Å²) in [5.41, 5.74) is -0.682. The fourth-order valence-electron chi connectivity index (χ4n) is 1.97. The zero-order valence-electron chi connectivity index (χ0n) is 8.20. The van der Waals surface area contributed by atoms with Crippen LogP contribution >= 0.6 is 0 Å². The van der Waals surface area contributed by atoms with Gasteiger partial charge in [0.2, 0.25) is 0 Å². The second-order valence-corrected chi connectivity index (χ2v) is 3.91. The average molecular weight is 180 g/mol. The van der Waals surface area contributed by atoms with E-state index in [1.54, 1.807) is 6.20 Å². The second-order valence-electron chi connectivity index (χ2n) is 3.91. The van der Waals surface area contributed by atoms with Gasteiger partial charge >= 0.3 is 0 Å². The summed E-state index contributed by atoms with van der Waals surface area (Å²) in [7, 11) is 1.94. The van der Waals surface area contributed by atoms with Gasteiger partial charge in [0.1, 0.15) is 11.4 Å². The van der Waals surface area contributed by atoms with Crippen LogP contribution in [0.2, 0.25) is 0 Å². The maximum atomic E-state index is 10.4. The lowest BCUT2D eigenvalue weighted by Gasteiger charge is -2.25. The molecule has 0 saturated heterocycles. The van der Waals surface area contributed by atoms with Crippen molar-refractivity contribution in [3.05, 3.63) is 18.2 Å². The standard InChI is InChI=1S/C10H16N2O/c1-3-10(13,8-4-5-8)9-11-6-7-12(9)2/h6-8,13H,3-5H2,1-2H3. The third-order valence-corrected chi connectivity index (χ3v) is 3.00. The van der Waals surface area contributed by atoms with Crippen LogP contribution < -0.4 is 0 Å². The molecule has 1 fully saturated rings. The van der Waals surface area contributed by atoms with E-state index in [2.05, 4.69) is 4.98 Å². The van der Waals surface area contributed by atoms with Crippen molar-refractivity contribution in [2.75, 3.05) is 0 Å². The van der Waals surface area contributed by atoms with E-state index in [1.807, 2.05) is 24.7 Å². The van der Waals surface area contributed by atoms with Gasteiger partial charge in [-0.3, -0.25) is 0 Å². The first-order valence-corrected chi connectivity index (χ1v) is 4.88. The van der Waals surface area contributed by atoms with Crippen LogP contribution in [0.4, 0.5) is 0 Å². The molecular formula is C10H16N2O. The lowest BCUT2D eigenvalue weighted by Crippen LogP contribution is -2.30. The van der Waals surface area contributed by atoms with Crippen LogP contribution in [0.5, 0.6) is 0 Å². The number of nitrogens with zero attached hydrogens (tertiary/aromatic N) is 2. The van der Waals surface area contributed by atoms with E-state index in [0.29, 0.717) is 5.92 Å². The van der Waals surface area contributed by atoms with Crippen molar-refractivity contribution in [3.63, 3.8) is 0 Å². The first-order chi connectivity index (χ1) is 6.18. The quantitative estimate of drug-likeness (QED) is 0.764. The topological polar surface area (TPSA) is 38.1 Å². The van der Waals surface area contributed by atoms with Crippen molar-refractivity contribution in [1.82, 2.24) is 9.55 Å². The Balaban J connectivity index is 2.35. The minimum absolute atomic E-state index is 0.429. The van der Waals surface area contributed by atoms with E-state index in [0.717, 1.165) is 25.1 Å². The summed E-state index contributed by atoms with van der Waals surface area (Å²) in [5, 5.41) is 10.4. The monoisotopic (exact) mass is 180 g/mol. The number of aryl methyl sites for hydroxylation is 1. The molecule has 1 atom stereocenters. The van der Waals surface area contributed by atoms with Crippen LogP contribution in [0.1, 0.15) is 32.0 Å². The lowest BCUT2D eigenvalue weighted by atomic mass is 9.93. The summed E-state index contributed by atoms with van der Waals surface area (Å²) < 4.78 is 1.92. The zero-order chi connectivity index (χ0) is 9.47. The number of hydrogen-bond acceptors (Lipinski definition) is 2. The highest BCUT2D eigenvalue weighted by Crippen LogP contribution is 2.46. The highest BCUT2D eigenvalue weighted by molar-refractivity contribution is 5.10. The molecule has 3 heteroatoms. The van der Waals surface area contributed by atoms with Gasteiger partial charge in [-0.05, 0) is 25.2 Å². The first-order valence-electron chi connectivity index (χ1n) is 4.88. The molecule has 0 radical (unpaired) electrons. The average Bonchev–Trinajstić information content (AvgIpc) is 2.89. The van der Waals surface area contributed by atoms with E-state index < -0.39 is 5.60 Å². The predicted molar refractivity (Wildman–Crippen MR) is 50.1 cm³/mol. The van der Waals surface area contributed by atoms with Gasteiger partial charge in [-0.1, -0.05) is 6.92 Å². The normalized spacial score (nSPS) is 21.5. The van der Waals surface area contributed by atoms with Crippen molar-refractivity contribution in [2.45, 2.75) is 31.8 Å². The minimum Gasteiger partial charge on any atom is -0.382 e. The van der Waals surface area contributed by atoms with Crippen LogP contribution in [-0.4, -0.2) is 14.7 Å². The molecule has 1 saturated carbocycles. The summed E-state index contributed by atoms with van der Waals surface area (Å²) in [4.78, 5) is 4.23. The van der Waals surface area contributed by atoms with E-state index in [-0.39, 0.29) is 0 Å². The van der Waals surface area contributed by atoms with Gasteiger partial charge in [0.05, 0.1) is 0 Å². The fourth-order valence-corrected chi connectivity index (χ4v) is 1.97. The summed E-state index contributed by atoms with van der Waals surface area (Å²) >= 11 is 0. The molecule has 0 spiro atoms. The van der Waals surface area contributed by atoms with Crippen molar-refractivity contribution in [3.8, 4) is 0 Å². The summed E-state index contributed by atoms with van der Waals surface area (Å²) in [6.07, 6.45) is 6.66. The largest absolute Gasteiger partial charge is 0.382 e. The highest BCUT2D eigenvalue weighted by atomic mass is 16.3. The Morgan fingerprint density at radius 3 is 2.77 bits per heavy atom. The third kappa shape index (κ3) is 1.27. The Bertz CT molecular complexity index is 304. The predicted octanol–water partition coefficient (Wildman–Crippen LogP) is 1.43. The molecule has 0 aliphatic heterocycles. The Morgan fingerprint density at radius 1 is 1.69 bits per heavy atom. The molecule has 1 heterocycles. The van der Waals surface area contributed by atoms with E-state index >= 15 is 0 Å². The van der Waals surface area contributed by atoms with Crippen molar-refractivity contribution >= 4 is 0 Å². The van der Waals surface area contributed by atoms with Gasteiger partial charge in [-0.25, -0.2) is 4.98 Å². The molecule has 2 rings (SSSR count). The lowest BCUT2D eigenvalue weighted by molar-refractivity contribution is -0.00233. The molecule has 0 aromatic carbocycles. The van der Waals surface area contributed by atoms with Gasteiger partial charge in [-0.2, -0.15) is 0 Å². The molecule has 1 N–H and O–H groups in total. The summed E-state index contributed by atoms with van der Waals surface area (Å²) in [6.45, 7) is 2.02. The molecule has 1 unspecified atom stereocenters. The minimum atomic E-state index is -0.682. The molecule has 1 aromatic heterocycles. The SMILES string of the molecule is CCC(O)(c1nccn1C)C1CC1. The van der Waals surface area contributed by atoms with Crippen molar-refractivity contribution in [1.29, 1.82) is 0 Å². The van der Waals surface area contributed by atoms with Gasteiger partial charge in [0, 0.05) is 19.4 Å². The van der Waals surface area contributed by atoms with E-state index in [9.17, 15) is 5.11 Å². The Kier molecular flexibility index (Phi) is 1.91. The maximum absolute atomic E-state index is 10.4. The molecule has 1 aliphatic carbocycles. The Labute approximate surface area is 78.4 Å². The van der Waals surface area contributed by atoms with Crippen LogP contribution in [0.25, 0.3) is 0 Å². The second kappa shape index (κ2) is 2.84. The number of hydrogen-bond donors (Lipinski definition) is 1. The zero-order valence-corrected chi connectivity index (χ0v) is 8.20. The Hall–Kier alpha value is -0.830. The number of rotatable bonds is 3. The molecule has 72 valence electrons. The molecule has 0 amide bonds. The van der Waals surface area contributed by atoms with E-state index in [1.165, 1.54) is 0 Å². The van der Waals surface area contributed by atoms with Gasteiger partial charge in [0.25, 0.3) is 0 Å². The Morgan fingerprint density at radius 2 is 2.38 bits per heavy atom. The fraction of sp³-hybridized carbons (Fsp3) is 0.700.